The van der Waals surface area contributed by atoms with Crippen LogP contribution in [-0.2, 0) is 6.61 Å². The molecule has 6 heteroatoms. The molecule has 2 aromatic rings. The lowest BCUT2D eigenvalue weighted by molar-refractivity contribution is 0.0695. The van der Waals surface area contributed by atoms with Crippen molar-refractivity contribution >= 4 is 33.2 Å². The number of carboxylic acid groups (broad SMARTS) is 1. The monoisotopic (exact) mass is 313 g/mol. The van der Waals surface area contributed by atoms with Gasteiger partial charge in [-0.3, -0.25) is 0 Å². The number of nitrogens with zero attached hydrogens (tertiary/aromatic N) is 1. The van der Waals surface area contributed by atoms with E-state index < -0.39 is 5.97 Å². The van der Waals surface area contributed by atoms with Gasteiger partial charge >= 0.3 is 5.97 Å². The van der Waals surface area contributed by atoms with Gasteiger partial charge in [0.2, 0.25) is 0 Å². The summed E-state index contributed by atoms with van der Waals surface area (Å²) in [5.41, 5.74) is 0.182. The van der Waals surface area contributed by atoms with E-state index in [4.69, 9.17) is 9.84 Å². The fraction of sp³-hybridized carbons (Fsp3) is 0.0909. The van der Waals surface area contributed by atoms with E-state index in [-0.39, 0.29) is 5.56 Å². The Morgan fingerprint density at radius 3 is 3.00 bits per heavy atom. The van der Waals surface area contributed by atoms with Gasteiger partial charge in [0.1, 0.15) is 17.4 Å². The van der Waals surface area contributed by atoms with E-state index in [1.54, 1.807) is 18.3 Å². The maximum absolute atomic E-state index is 10.9. The van der Waals surface area contributed by atoms with Crippen LogP contribution in [0.4, 0.5) is 0 Å². The second-order valence-corrected chi connectivity index (χ2v) is 4.99. The number of ether oxygens (including phenoxy) is 1. The van der Waals surface area contributed by atoms with Crippen LogP contribution in [0.5, 0.6) is 5.75 Å². The standard InChI is InChI=1S/C11H8BrNO3S/c12-9-2-1-7(5-8(9)11(14)15)16-6-10-13-3-4-17-10/h1-5H,6H2,(H,14,15). The molecular weight excluding hydrogens is 306 g/mol. The Balaban J connectivity index is 2.11. The molecule has 88 valence electrons. The number of thiazole rings is 1. The third-order valence-corrected chi connectivity index (χ3v) is 3.46. The van der Waals surface area contributed by atoms with Crippen LogP contribution >= 0.6 is 27.3 Å². The zero-order valence-corrected chi connectivity index (χ0v) is 11.0. The number of carboxylic acids is 1. The van der Waals surface area contributed by atoms with Crippen molar-refractivity contribution in [2.24, 2.45) is 0 Å². The number of halogens is 1. The van der Waals surface area contributed by atoms with Crippen LogP contribution in [0.3, 0.4) is 0 Å². The lowest BCUT2D eigenvalue weighted by atomic mass is 10.2. The largest absolute Gasteiger partial charge is 0.486 e. The Hall–Kier alpha value is -1.40. The van der Waals surface area contributed by atoms with Gasteiger partial charge in [0.15, 0.2) is 0 Å². The Morgan fingerprint density at radius 1 is 1.53 bits per heavy atom. The van der Waals surface area contributed by atoms with Crippen molar-refractivity contribution in [2.75, 3.05) is 0 Å². The number of aromatic nitrogens is 1. The molecule has 4 nitrogen and oxygen atoms in total. The lowest BCUT2D eigenvalue weighted by Crippen LogP contribution is -2.00. The average Bonchev–Trinajstić information content (AvgIpc) is 2.80. The molecular formula is C11H8BrNO3S. The van der Waals surface area contributed by atoms with Crippen molar-refractivity contribution in [1.29, 1.82) is 0 Å². The topological polar surface area (TPSA) is 59.4 Å². The molecule has 0 saturated heterocycles. The average molecular weight is 314 g/mol. The van der Waals surface area contributed by atoms with Crippen LogP contribution in [0.15, 0.2) is 34.2 Å². The highest BCUT2D eigenvalue weighted by Gasteiger charge is 2.09. The van der Waals surface area contributed by atoms with Crippen LogP contribution in [-0.4, -0.2) is 16.1 Å². The highest BCUT2D eigenvalue weighted by atomic mass is 79.9. The van der Waals surface area contributed by atoms with E-state index in [0.717, 1.165) is 5.01 Å². The molecule has 0 spiro atoms. The minimum atomic E-state index is -0.989. The van der Waals surface area contributed by atoms with E-state index in [1.165, 1.54) is 17.4 Å². The molecule has 1 N–H and O–H groups in total. The highest BCUT2D eigenvalue weighted by molar-refractivity contribution is 9.10. The van der Waals surface area contributed by atoms with Crippen molar-refractivity contribution in [2.45, 2.75) is 6.61 Å². The molecule has 2 rings (SSSR count). The van der Waals surface area contributed by atoms with Crippen LogP contribution in [0.2, 0.25) is 0 Å². The molecule has 17 heavy (non-hydrogen) atoms. The second kappa shape index (κ2) is 5.29. The number of carbonyl (C=O) groups is 1. The molecule has 1 aromatic carbocycles. The maximum Gasteiger partial charge on any atom is 0.336 e. The SMILES string of the molecule is O=C(O)c1cc(OCc2nccs2)ccc1Br. The predicted octanol–water partition coefficient (Wildman–Crippen LogP) is 3.18. The van der Waals surface area contributed by atoms with Gasteiger partial charge in [0.05, 0.1) is 5.56 Å². The predicted molar refractivity (Wildman–Crippen MR) is 67.5 cm³/mol. The fourth-order valence-electron chi connectivity index (χ4n) is 1.23. The highest BCUT2D eigenvalue weighted by Crippen LogP contribution is 2.23. The zero-order chi connectivity index (χ0) is 12.3. The molecule has 0 aliphatic heterocycles. The Labute approximate surface area is 110 Å². The number of hydrogen-bond acceptors (Lipinski definition) is 4. The first-order valence-corrected chi connectivity index (χ1v) is 6.38. The van der Waals surface area contributed by atoms with Gasteiger partial charge in [0.25, 0.3) is 0 Å². The summed E-state index contributed by atoms with van der Waals surface area (Å²) >= 11 is 4.67. The van der Waals surface area contributed by atoms with Gasteiger partial charge in [-0.2, -0.15) is 0 Å². The van der Waals surface area contributed by atoms with Crippen LogP contribution in [0.1, 0.15) is 15.4 Å². The number of benzene rings is 1. The molecule has 0 aliphatic carbocycles. The van der Waals surface area contributed by atoms with E-state index in [9.17, 15) is 4.79 Å². The first-order valence-electron chi connectivity index (χ1n) is 4.71. The molecule has 0 saturated carbocycles. The molecule has 0 bridgehead atoms. The molecule has 0 radical (unpaired) electrons. The van der Waals surface area contributed by atoms with Crippen molar-refractivity contribution in [1.82, 2.24) is 4.98 Å². The fourth-order valence-corrected chi connectivity index (χ4v) is 2.17. The Bertz CT molecular complexity index is 528. The van der Waals surface area contributed by atoms with Gasteiger partial charge < -0.3 is 9.84 Å². The quantitative estimate of drug-likeness (QED) is 0.941. The summed E-state index contributed by atoms with van der Waals surface area (Å²) in [6, 6.07) is 4.85. The summed E-state index contributed by atoms with van der Waals surface area (Å²) in [7, 11) is 0. The number of aromatic carboxylic acids is 1. The molecule has 0 amide bonds. The molecule has 0 atom stereocenters. The first kappa shape index (κ1) is 12.1. The van der Waals surface area contributed by atoms with Gasteiger partial charge in [0, 0.05) is 16.0 Å². The number of hydrogen-bond donors (Lipinski definition) is 1. The smallest absolute Gasteiger partial charge is 0.336 e. The van der Waals surface area contributed by atoms with Crippen molar-refractivity contribution in [3.63, 3.8) is 0 Å². The van der Waals surface area contributed by atoms with Crippen LogP contribution in [0.25, 0.3) is 0 Å². The third-order valence-electron chi connectivity index (χ3n) is 2.01. The van der Waals surface area contributed by atoms with Gasteiger partial charge in [-0.15, -0.1) is 11.3 Å². The van der Waals surface area contributed by atoms with E-state index in [0.29, 0.717) is 16.8 Å². The second-order valence-electron chi connectivity index (χ2n) is 3.16. The summed E-state index contributed by atoms with van der Waals surface area (Å²) in [6.45, 7) is 0.346. The maximum atomic E-state index is 10.9. The normalized spacial score (nSPS) is 10.2. The molecule has 0 aliphatic rings. The van der Waals surface area contributed by atoms with E-state index >= 15 is 0 Å². The Morgan fingerprint density at radius 2 is 2.35 bits per heavy atom. The van der Waals surface area contributed by atoms with Gasteiger partial charge in [-0.05, 0) is 34.1 Å². The molecule has 1 aromatic heterocycles. The summed E-state index contributed by atoms with van der Waals surface area (Å²) in [5.74, 6) is -0.475. The lowest BCUT2D eigenvalue weighted by Gasteiger charge is -2.06. The first-order chi connectivity index (χ1) is 8.16. The Kier molecular flexibility index (Phi) is 3.75. The summed E-state index contributed by atoms with van der Waals surface area (Å²) in [6.07, 6.45) is 1.70. The summed E-state index contributed by atoms with van der Waals surface area (Å²) in [4.78, 5) is 15.0. The van der Waals surface area contributed by atoms with Crippen molar-refractivity contribution in [3.8, 4) is 5.75 Å². The molecule has 0 unspecified atom stereocenters. The summed E-state index contributed by atoms with van der Waals surface area (Å²) < 4.78 is 5.99. The van der Waals surface area contributed by atoms with Crippen LogP contribution in [0, 0.1) is 0 Å². The van der Waals surface area contributed by atoms with E-state index in [1.807, 2.05) is 5.38 Å². The van der Waals surface area contributed by atoms with Crippen molar-refractivity contribution in [3.05, 3.63) is 44.8 Å². The van der Waals surface area contributed by atoms with E-state index in [2.05, 4.69) is 20.9 Å². The third kappa shape index (κ3) is 3.04. The van der Waals surface area contributed by atoms with Gasteiger partial charge in [-0.1, -0.05) is 0 Å². The van der Waals surface area contributed by atoms with Gasteiger partial charge in [-0.25, -0.2) is 9.78 Å². The molecule has 0 fully saturated rings. The minimum absolute atomic E-state index is 0.182. The summed E-state index contributed by atoms with van der Waals surface area (Å²) in [5, 5.41) is 11.7. The number of rotatable bonds is 4. The van der Waals surface area contributed by atoms with Crippen LogP contribution < -0.4 is 4.74 Å². The zero-order valence-electron chi connectivity index (χ0n) is 8.59. The van der Waals surface area contributed by atoms with Crippen molar-refractivity contribution < 1.29 is 14.6 Å². The molecule has 1 heterocycles. The minimum Gasteiger partial charge on any atom is -0.486 e.